The number of non-ortho nitro benzene ring substituents is 1. The number of amides is 1. The third kappa shape index (κ3) is 4.54. The maximum absolute atomic E-state index is 12.2. The topological polar surface area (TPSA) is 98.5 Å². The molecule has 22 heavy (non-hydrogen) atoms. The van der Waals surface area contributed by atoms with Crippen LogP contribution in [0.4, 0.5) is 5.69 Å². The Labute approximate surface area is 128 Å². The molecular formula is C15H20N2O5. The highest BCUT2D eigenvalue weighted by molar-refractivity contribution is 5.99. The minimum absolute atomic E-state index is 0.00857. The summed E-state index contributed by atoms with van der Waals surface area (Å²) in [5.41, 5.74) is -0.254. The van der Waals surface area contributed by atoms with Gasteiger partial charge in [-0.3, -0.25) is 14.9 Å². The molecule has 0 heterocycles. The second kappa shape index (κ2) is 8.11. The van der Waals surface area contributed by atoms with E-state index in [0.717, 1.165) is 25.0 Å². The molecule has 0 saturated carbocycles. The predicted octanol–water partition coefficient (Wildman–Crippen LogP) is 2.69. The first kappa shape index (κ1) is 17.6. The summed E-state index contributed by atoms with van der Waals surface area (Å²) in [7, 11) is 0. The lowest BCUT2D eigenvalue weighted by atomic mass is 10.1. The molecule has 0 fully saturated rings. The smallest absolute Gasteiger partial charge is 0.338 e. The van der Waals surface area contributed by atoms with Crippen molar-refractivity contribution >= 4 is 17.6 Å². The first-order valence-electron chi connectivity index (χ1n) is 7.20. The summed E-state index contributed by atoms with van der Waals surface area (Å²) in [6.45, 7) is 5.66. The number of nitrogens with one attached hydrogen (secondary N) is 1. The van der Waals surface area contributed by atoms with E-state index in [9.17, 15) is 19.7 Å². The molecule has 0 radical (unpaired) electrons. The second-order valence-corrected chi connectivity index (χ2v) is 4.73. The van der Waals surface area contributed by atoms with E-state index in [2.05, 4.69) is 5.32 Å². The highest BCUT2D eigenvalue weighted by atomic mass is 16.6. The first-order chi connectivity index (χ1) is 10.4. The molecule has 0 aliphatic rings. The van der Waals surface area contributed by atoms with Crippen LogP contribution in [0.2, 0.25) is 0 Å². The Hall–Kier alpha value is -2.44. The van der Waals surface area contributed by atoms with E-state index in [0.29, 0.717) is 0 Å². The summed E-state index contributed by atoms with van der Waals surface area (Å²) in [6, 6.07) is 3.55. The van der Waals surface area contributed by atoms with Gasteiger partial charge < -0.3 is 10.1 Å². The van der Waals surface area contributed by atoms with Crippen LogP contribution >= 0.6 is 0 Å². The molecule has 1 rings (SSSR count). The van der Waals surface area contributed by atoms with Crippen molar-refractivity contribution in [2.45, 2.75) is 39.7 Å². The highest BCUT2D eigenvalue weighted by Gasteiger charge is 2.19. The fourth-order valence-electron chi connectivity index (χ4n) is 1.94. The zero-order chi connectivity index (χ0) is 16.7. The van der Waals surface area contributed by atoms with E-state index in [1.165, 1.54) is 6.07 Å². The number of nitrogens with zero attached hydrogens (tertiary/aromatic N) is 1. The lowest BCUT2D eigenvalue weighted by Gasteiger charge is -2.15. The van der Waals surface area contributed by atoms with Crippen LogP contribution in [0.1, 0.15) is 54.3 Å². The monoisotopic (exact) mass is 308 g/mol. The average molecular weight is 308 g/mol. The van der Waals surface area contributed by atoms with Crippen LogP contribution in [0.25, 0.3) is 0 Å². The highest BCUT2D eigenvalue weighted by Crippen LogP contribution is 2.18. The zero-order valence-corrected chi connectivity index (χ0v) is 12.9. The molecule has 0 atom stereocenters. The van der Waals surface area contributed by atoms with Crippen LogP contribution in [-0.2, 0) is 4.74 Å². The molecule has 1 aromatic carbocycles. The van der Waals surface area contributed by atoms with E-state index in [4.69, 9.17) is 4.74 Å². The Morgan fingerprint density at radius 2 is 1.77 bits per heavy atom. The van der Waals surface area contributed by atoms with Crippen LogP contribution in [-0.4, -0.2) is 29.4 Å². The number of nitro benzene ring substituents is 1. The third-order valence-electron chi connectivity index (χ3n) is 3.22. The summed E-state index contributed by atoms with van der Waals surface area (Å²) in [5.74, 6) is -1.13. The van der Waals surface area contributed by atoms with Gasteiger partial charge in [0, 0.05) is 23.7 Å². The molecule has 0 saturated heterocycles. The molecule has 0 unspecified atom stereocenters. The van der Waals surface area contributed by atoms with Crippen molar-refractivity contribution in [2.24, 2.45) is 0 Å². The molecule has 0 aromatic heterocycles. The molecule has 1 N–H and O–H groups in total. The van der Waals surface area contributed by atoms with Gasteiger partial charge in [-0.15, -0.1) is 0 Å². The van der Waals surface area contributed by atoms with Gasteiger partial charge in [0.05, 0.1) is 17.1 Å². The lowest BCUT2D eigenvalue weighted by molar-refractivity contribution is -0.384. The standard InChI is InChI=1S/C15H20N2O5/c1-4-12(5-2)16-14(18)10-7-11(15(19)22-6-3)9-13(8-10)17(20)21/h7-9,12H,4-6H2,1-3H3,(H,16,18). The van der Waals surface area contributed by atoms with Crippen molar-refractivity contribution in [3.8, 4) is 0 Å². The van der Waals surface area contributed by atoms with Gasteiger partial charge >= 0.3 is 5.97 Å². The molecule has 0 aliphatic carbocycles. The zero-order valence-electron chi connectivity index (χ0n) is 12.9. The van der Waals surface area contributed by atoms with Crippen molar-refractivity contribution in [3.63, 3.8) is 0 Å². The van der Waals surface area contributed by atoms with Gasteiger partial charge in [-0.2, -0.15) is 0 Å². The third-order valence-corrected chi connectivity index (χ3v) is 3.22. The number of nitro groups is 1. The number of hydrogen-bond acceptors (Lipinski definition) is 5. The Balaban J connectivity index is 3.15. The molecule has 7 nitrogen and oxygen atoms in total. The Morgan fingerprint density at radius 1 is 1.18 bits per heavy atom. The second-order valence-electron chi connectivity index (χ2n) is 4.73. The largest absolute Gasteiger partial charge is 0.462 e. The number of benzene rings is 1. The molecule has 1 amide bonds. The fraction of sp³-hybridized carbons (Fsp3) is 0.467. The van der Waals surface area contributed by atoms with E-state index in [1.54, 1.807) is 6.92 Å². The number of carbonyl (C=O) groups excluding carboxylic acids is 2. The van der Waals surface area contributed by atoms with Gasteiger partial charge in [0.1, 0.15) is 0 Å². The molecule has 0 aliphatic heterocycles. The van der Waals surface area contributed by atoms with Crippen LogP contribution in [0.15, 0.2) is 18.2 Å². The summed E-state index contributed by atoms with van der Waals surface area (Å²) < 4.78 is 4.83. The molecular weight excluding hydrogens is 288 g/mol. The van der Waals surface area contributed by atoms with Crippen molar-refractivity contribution in [3.05, 3.63) is 39.4 Å². The minimum atomic E-state index is -0.692. The Bertz CT molecular complexity index is 567. The Kier molecular flexibility index (Phi) is 6.49. The SMILES string of the molecule is CCOC(=O)c1cc(C(=O)NC(CC)CC)cc([N+](=O)[O-])c1. The van der Waals surface area contributed by atoms with E-state index in [-0.39, 0.29) is 29.5 Å². The van der Waals surface area contributed by atoms with Gasteiger partial charge in [0.25, 0.3) is 11.6 Å². The molecule has 7 heteroatoms. The van der Waals surface area contributed by atoms with Crippen LogP contribution in [0.3, 0.4) is 0 Å². The van der Waals surface area contributed by atoms with Crippen molar-refractivity contribution in [1.29, 1.82) is 0 Å². The molecule has 120 valence electrons. The van der Waals surface area contributed by atoms with Crippen molar-refractivity contribution in [1.82, 2.24) is 5.32 Å². The van der Waals surface area contributed by atoms with Crippen LogP contribution in [0.5, 0.6) is 0 Å². The quantitative estimate of drug-likeness (QED) is 0.474. The number of ether oxygens (including phenoxy) is 1. The first-order valence-corrected chi connectivity index (χ1v) is 7.20. The van der Waals surface area contributed by atoms with Crippen LogP contribution < -0.4 is 5.32 Å². The minimum Gasteiger partial charge on any atom is -0.462 e. The molecule has 0 spiro atoms. The van der Waals surface area contributed by atoms with Gasteiger partial charge in [0.2, 0.25) is 0 Å². The summed E-state index contributed by atoms with van der Waals surface area (Å²) in [4.78, 5) is 34.3. The average Bonchev–Trinajstić information content (AvgIpc) is 2.51. The van der Waals surface area contributed by atoms with Crippen molar-refractivity contribution < 1.29 is 19.2 Å². The van der Waals surface area contributed by atoms with Gasteiger partial charge in [0.15, 0.2) is 0 Å². The van der Waals surface area contributed by atoms with E-state index in [1.807, 2.05) is 13.8 Å². The predicted molar refractivity (Wildman–Crippen MR) is 80.9 cm³/mol. The lowest BCUT2D eigenvalue weighted by Crippen LogP contribution is -2.33. The van der Waals surface area contributed by atoms with Crippen molar-refractivity contribution in [2.75, 3.05) is 6.61 Å². The maximum atomic E-state index is 12.2. The fourth-order valence-corrected chi connectivity index (χ4v) is 1.94. The summed E-state index contributed by atoms with van der Waals surface area (Å²) in [5, 5.41) is 13.7. The Morgan fingerprint density at radius 3 is 2.27 bits per heavy atom. The maximum Gasteiger partial charge on any atom is 0.338 e. The van der Waals surface area contributed by atoms with Gasteiger partial charge in [-0.1, -0.05) is 13.8 Å². The summed E-state index contributed by atoms with van der Waals surface area (Å²) >= 11 is 0. The molecule has 0 bridgehead atoms. The number of rotatable bonds is 7. The van der Waals surface area contributed by atoms with Crippen LogP contribution in [0, 0.1) is 10.1 Å². The van der Waals surface area contributed by atoms with Gasteiger partial charge in [-0.25, -0.2) is 4.79 Å². The number of carbonyl (C=O) groups is 2. The number of esters is 1. The normalized spacial score (nSPS) is 10.4. The summed E-state index contributed by atoms with van der Waals surface area (Å²) in [6.07, 6.45) is 1.50. The van der Waals surface area contributed by atoms with Gasteiger partial charge in [-0.05, 0) is 25.8 Å². The van der Waals surface area contributed by atoms with E-state index < -0.39 is 16.8 Å². The van der Waals surface area contributed by atoms with E-state index >= 15 is 0 Å². The number of hydrogen-bond donors (Lipinski definition) is 1. The molecule has 1 aromatic rings.